The van der Waals surface area contributed by atoms with Crippen LogP contribution in [0, 0.1) is 17.8 Å². The van der Waals surface area contributed by atoms with Crippen LogP contribution in [0.3, 0.4) is 0 Å². The molecule has 0 unspecified atom stereocenters. The van der Waals surface area contributed by atoms with Crippen LogP contribution in [0.1, 0.15) is 18.9 Å². The zero-order chi connectivity index (χ0) is 19.7. The minimum Gasteiger partial charge on any atom is -0.466 e. The summed E-state index contributed by atoms with van der Waals surface area (Å²) in [6.45, 7) is 2.81. The van der Waals surface area contributed by atoms with Gasteiger partial charge < -0.3 is 15.2 Å². The molecule has 1 aromatic carbocycles. The van der Waals surface area contributed by atoms with Crippen LogP contribution in [-0.2, 0) is 25.7 Å². The number of amidine groups is 1. The van der Waals surface area contributed by atoms with Crippen molar-refractivity contribution in [2.75, 3.05) is 13.2 Å². The van der Waals surface area contributed by atoms with E-state index in [-0.39, 0.29) is 35.6 Å². The lowest BCUT2D eigenvalue weighted by Crippen LogP contribution is -2.51. The van der Waals surface area contributed by atoms with Gasteiger partial charge in [0.25, 0.3) is 0 Å². The zero-order valence-electron chi connectivity index (χ0n) is 15.6. The second-order valence-electron chi connectivity index (χ2n) is 7.28. The van der Waals surface area contributed by atoms with E-state index in [9.17, 15) is 9.59 Å². The summed E-state index contributed by atoms with van der Waals surface area (Å²) in [6, 6.07) is 9.46. The van der Waals surface area contributed by atoms with Crippen molar-refractivity contribution in [3.8, 4) is 0 Å². The Hall–Kier alpha value is -2.19. The summed E-state index contributed by atoms with van der Waals surface area (Å²) in [5, 5.41) is 0.669. The maximum atomic E-state index is 12.9. The Morgan fingerprint density at radius 2 is 2.07 bits per heavy atom. The predicted molar refractivity (Wildman–Crippen MR) is 107 cm³/mol. The van der Waals surface area contributed by atoms with E-state index < -0.39 is 11.5 Å². The number of nitrogens with two attached hydrogens (primary N) is 1. The zero-order valence-corrected chi connectivity index (χ0v) is 16.4. The Bertz CT molecular complexity index is 828. The normalized spacial score (nSPS) is 32.6. The minimum absolute atomic E-state index is 0.0114. The maximum Gasteiger partial charge on any atom is 0.326 e. The van der Waals surface area contributed by atoms with Crippen LogP contribution in [-0.4, -0.2) is 47.3 Å². The molecule has 28 heavy (non-hydrogen) atoms. The summed E-state index contributed by atoms with van der Waals surface area (Å²) in [6.07, 6.45) is 2.18. The van der Waals surface area contributed by atoms with Gasteiger partial charge in [0.2, 0.25) is 0 Å². The Balaban J connectivity index is 1.49. The fourth-order valence-corrected chi connectivity index (χ4v) is 5.70. The number of hydrogen-bond donors (Lipinski definition) is 1. The van der Waals surface area contributed by atoms with Gasteiger partial charge in [-0.3, -0.25) is 14.6 Å². The van der Waals surface area contributed by atoms with E-state index in [1.165, 1.54) is 11.8 Å². The number of aliphatic imine (C=N–C) groups is 2. The van der Waals surface area contributed by atoms with Crippen LogP contribution < -0.4 is 5.73 Å². The van der Waals surface area contributed by atoms with Gasteiger partial charge in [-0.05, 0) is 24.8 Å². The molecule has 5 atom stereocenters. The number of benzene rings is 1. The van der Waals surface area contributed by atoms with Gasteiger partial charge in [0.15, 0.2) is 5.17 Å². The van der Waals surface area contributed by atoms with Crippen LogP contribution in [0.15, 0.2) is 40.3 Å². The van der Waals surface area contributed by atoms with Gasteiger partial charge in [0.05, 0.1) is 19.1 Å². The third-order valence-electron chi connectivity index (χ3n) is 5.56. The van der Waals surface area contributed by atoms with E-state index >= 15 is 0 Å². The molecule has 2 fully saturated rings. The summed E-state index contributed by atoms with van der Waals surface area (Å²) < 4.78 is 10.7. The van der Waals surface area contributed by atoms with Crippen molar-refractivity contribution in [1.82, 2.24) is 0 Å². The topological polar surface area (TPSA) is 103 Å². The molecule has 0 saturated heterocycles. The molecule has 0 amide bonds. The van der Waals surface area contributed by atoms with Gasteiger partial charge in [-0.15, -0.1) is 0 Å². The average molecular weight is 401 g/mol. The molecule has 2 aliphatic carbocycles. The predicted octanol–water partition coefficient (Wildman–Crippen LogP) is 1.80. The largest absolute Gasteiger partial charge is 0.466 e. The molecule has 0 aromatic heterocycles. The molecule has 2 N–H and O–H groups in total. The number of esters is 2. The first-order valence-corrected chi connectivity index (χ1v) is 10.3. The highest BCUT2D eigenvalue weighted by atomic mass is 32.2. The monoisotopic (exact) mass is 401 g/mol. The number of ether oxygens (including phenoxy) is 2. The highest BCUT2D eigenvalue weighted by Gasteiger charge is 2.74. The van der Waals surface area contributed by atoms with E-state index in [0.29, 0.717) is 24.7 Å². The van der Waals surface area contributed by atoms with Crippen LogP contribution in [0.4, 0.5) is 0 Å². The molecule has 7 nitrogen and oxygen atoms in total. The van der Waals surface area contributed by atoms with E-state index in [4.69, 9.17) is 15.2 Å². The van der Waals surface area contributed by atoms with Crippen molar-refractivity contribution < 1.29 is 19.1 Å². The van der Waals surface area contributed by atoms with Crippen molar-refractivity contribution in [3.63, 3.8) is 0 Å². The van der Waals surface area contributed by atoms with Crippen molar-refractivity contribution in [3.05, 3.63) is 35.9 Å². The molecule has 0 radical (unpaired) electrons. The van der Waals surface area contributed by atoms with Gasteiger partial charge in [0.1, 0.15) is 12.1 Å². The molecule has 1 aliphatic heterocycles. The fourth-order valence-electron chi connectivity index (χ4n) is 4.29. The molecule has 3 aliphatic rings. The SMILES string of the molecule is CCOC(=O)[C@H]1[C@H]2[C@@H]1[C@](N)(C(=O)OCc1ccccc1)C[C@@H]2SC1=NCC=N1. The van der Waals surface area contributed by atoms with Gasteiger partial charge in [0, 0.05) is 17.4 Å². The number of carbonyl (C=O) groups excluding carboxylic acids is 2. The van der Waals surface area contributed by atoms with Crippen LogP contribution in [0.2, 0.25) is 0 Å². The molecule has 8 heteroatoms. The first kappa shape index (κ1) is 19.1. The van der Waals surface area contributed by atoms with Crippen molar-refractivity contribution in [2.45, 2.75) is 30.7 Å². The van der Waals surface area contributed by atoms with Crippen LogP contribution >= 0.6 is 11.8 Å². The summed E-state index contributed by atoms with van der Waals surface area (Å²) in [5.41, 5.74) is 6.27. The van der Waals surface area contributed by atoms with Gasteiger partial charge >= 0.3 is 11.9 Å². The van der Waals surface area contributed by atoms with Crippen molar-refractivity contribution in [1.29, 1.82) is 0 Å². The van der Waals surface area contributed by atoms with Gasteiger partial charge in [-0.25, -0.2) is 4.99 Å². The second kappa shape index (κ2) is 7.67. The number of fused-ring (bicyclic) bond motifs is 1. The third-order valence-corrected chi connectivity index (χ3v) is 6.79. The summed E-state index contributed by atoms with van der Waals surface area (Å²) >= 11 is 1.49. The van der Waals surface area contributed by atoms with E-state index in [0.717, 1.165) is 5.56 Å². The number of nitrogens with zero attached hydrogens (tertiary/aromatic N) is 2. The lowest BCUT2D eigenvalue weighted by Gasteiger charge is -2.27. The molecule has 0 bridgehead atoms. The fraction of sp³-hybridized carbons (Fsp3) is 0.500. The van der Waals surface area contributed by atoms with Crippen molar-refractivity contribution >= 4 is 35.1 Å². The molecule has 1 aromatic rings. The standard InChI is InChI=1S/C20H23N3O4S/c1-2-26-17(24)15-14-13(28-19-22-8-9-23-19)10-20(21,16(14)15)18(25)27-11-12-6-4-3-5-7-12/h3-8,13-16H,2,9-11,21H2,1H3/t13-,14-,15-,16-,20-/m0/s1. The Labute approximate surface area is 167 Å². The molecule has 1 heterocycles. The highest BCUT2D eigenvalue weighted by Crippen LogP contribution is 2.65. The number of hydrogen-bond acceptors (Lipinski definition) is 8. The number of rotatable bonds is 6. The third kappa shape index (κ3) is 3.46. The van der Waals surface area contributed by atoms with Crippen molar-refractivity contribution in [2.24, 2.45) is 33.5 Å². The second-order valence-corrected chi connectivity index (χ2v) is 8.48. The first-order valence-electron chi connectivity index (χ1n) is 9.45. The minimum atomic E-state index is -1.20. The molecular weight excluding hydrogens is 378 g/mol. The van der Waals surface area contributed by atoms with E-state index in [2.05, 4.69) is 9.98 Å². The Morgan fingerprint density at radius 3 is 2.75 bits per heavy atom. The summed E-state index contributed by atoms with van der Waals surface area (Å²) in [7, 11) is 0. The Kier molecular flexibility index (Phi) is 5.25. The molecule has 2 saturated carbocycles. The van der Waals surface area contributed by atoms with Crippen LogP contribution in [0.5, 0.6) is 0 Å². The molecule has 0 spiro atoms. The quantitative estimate of drug-likeness (QED) is 0.729. The number of carbonyl (C=O) groups is 2. The number of thioether (sulfide) groups is 1. The lowest BCUT2D eigenvalue weighted by molar-refractivity contribution is -0.153. The van der Waals surface area contributed by atoms with Gasteiger partial charge in [-0.2, -0.15) is 0 Å². The molecule has 148 valence electrons. The maximum absolute atomic E-state index is 12.9. The van der Waals surface area contributed by atoms with E-state index in [1.54, 1.807) is 13.1 Å². The molecular formula is C20H23N3O4S. The molecule has 4 rings (SSSR count). The van der Waals surface area contributed by atoms with Gasteiger partial charge in [-0.1, -0.05) is 42.1 Å². The lowest BCUT2D eigenvalue weighted by atomic mass is 9.91. The van der Waals surface area contributed by atoms with Crippen LogP contribution in [0.25, 0.3) is 0 Å². The summed E-state index contributed by atoms with van der Waals surface area (Å²) in [5.74, 6) is -1.40. The smallest absolute Gasteiger partial charge is 0.326 e. The highest BCUT2D eigenvalue weighted by molar-refractivity contribution is 8.14. The first-order chi connectivity index (χ1) is 13.5. The summed E-state index contributed by atoms with van der Waals surface area (Å²) in [4.78, 5) is 33.9. The average Bonchev–Trinajstić information content (AvgIpc) is 3.13. The Morgan fingerprint density at radius 1 is 1.29 bits per heavy atom. The van der Waals surface area contributed by atoms with E-state index in [1.807, 2.05) is 30.3 Å².